The van der Waals surface area contributed by atoms with Crippen LogP contribution in [-0.2, 0) is 19.1 Å². The summed E-state index contributed by atoms with van der Waals surface area (Å²) in [4.78, 5) is 35.5. The van der Waals surface area contributed by atoms with E-state index in [1.54, 1.807) is 0 Å². The lowest BCUT2D eigenvalue weighted by Crippen LogP contribution is -2.29. The fraction of sp³-hybridized carbons (Fsp3) is 0.200. The van der Waals surface area contributed by atoms with E-state index in [0.29, 0.717) is 0 Å². The van der Waals surface area contributed by atoms with Gasteiger partial charge in [-0.25, -0.2) is 4.79 Å². The van der Waals surface area contributed by atoms with Gasteiger partial charge in [-0.3, -0.25) is 14.5 Å². The average Bonchev–Trinajstić information content (AvgIpc) is 2.53. The SMILES string of the molecule is CC1=CC(=O)/C(=C\N2C(=O)CNC2=S)C(=O)O1. The van der Waals surface area contributed by atoms with Crippen LogP contribution in [0.25, 0.3) is 0 Å². The van der Waals surface area contributed by atoms with Crippen molar-refractivity contribution in [2.45, 2.75) is 6.92 Å². The first-order chi connectivity index (χ1) is 7.99. The summed E-state index contributed by atoms with van der Waals surface area (Å²) < 4.78 is 4.78. The molecule has 0 bridgehead atoms. The van der Waals surface area contributed by atoms with E-state index < -0.39 is 11.8 Å². The maximum atomic E-state index is 11.6. The maximum Gasteiger partial charge on any atom is 0.348 e. The molecule has 1 N–H and O–H groups in total. The minimum absolute atomic E-state index is 0.0563. The van der Waals surface area contributed by atoms with Crippen LogP contribution in [0.15, 0.2) is 23.6 Å². The van der Waals surface area contributed by atoms with E-state index in [-0.39, 0.29) is 28.9 Å². The second-order valence-electron chi connectivity index (χ2n) is 3.47. The van der Waals surface area contributed by atoms with Gasteiger partial charge in [-0.1, -0.05) is 0 Å². The summed E-state index contributed by atoms with van der Waals surface area (Å²) in [7, 11) is 0. The fourth-order valence-electron chi connectivity index (χ4n) is 1.40. The van der Waals surface area contributed by atoms with Gasteiger partial charge >= 0.3 is 5.97 Å². The first-order valence-electron chi connectivity index (χ1n) is 4.75. The number of esters is 1. The van der Waals surface area contributed by atoms with Crippen molar-refractivity contribution in [1.29, 1.82) is 0 Å². The third-order valence-corrected chi connectivity index (χ3v) is 2.55. The molecule has 6 nitrogen and oxygen atoms in total. The summed E-state index contributed by atoms with van der Waals surface area (Å²) in [5.74, 6) is -1.38. The van der Waals surface area contributed by atoms with Crippen LogP contribution in [-0.4, -0.2) is 34.2 Å². The molecule has 0 aromatic rings. The Hall–Kier alpha value is -2.02. The van der Waals surface area contributed by atoms with Crippen molar-refractivity contribution in [3.8, 4) is 0 Å². The van der Waals surface area contributed by atoms with Crippen molar-refractivity contribution in [3.05, 3.63) is 23.6 Å². The van der Waals surface area contributed by atoms with Gasteiger partial charge in [-0.05, 0) is 19.1 Å². The Morgan fingerprint density at radius 1 is 1.47 bits per heavy atom. The highest BCUT2D eigenvalue weighted by molar-refractivity contribution is 7.80. The molecule has 0 saturated carbocycles. The number of nitrogens with zero attached hydrogens (tertiary/aromatic N) is 1. The van der Waals surface area contributed by atoms with Crippen molar-refractivity contribution >= 4 is 35.0 Å². The number of nitrogens with one attached hydrogen (secondary N) is 1. The standard InChI is InChI=1S/C10H8N2O4S/c1-5-2-7(13)6(9(15)16-5)4-12-8(14)3-11-10(12)17/h2,4H,3H2,1H3,(H,11,17)/b6-4+. The Bertz CT molecular complexity index is 490. The molecule has 0 unspecified atom stereocenters. The number of hydrogen-bond donors (Lipinski definition) is 1. The third-order valence-electron chi connectivity index (χ3n) is 2.21. The number of carbonyl (C=O) groups excluding carboxylic acids is 3. The number of ketones is 1. The van der Waals surface area contributed by atoms with E-state index in [1.807, 2.05) is 0 Å². The van der Waals surface area contributed by atoms with Gasteiger partial charge < -0.3 is 10.1 Å². The van der Waals surface area contributed by atoms with E-state index in [9.17, 15) is 14.4 Å². The molecule has 1 amide bonds. The second-order valence-corrected chi connectivity index (χ2v) is 3.86. The predicted molar refractivity (Wildman–Crippen MR) is 60.4 cm³/mol. The van der Waals surface area contributed by atoms with Crippen LogP contribution in [0, 0.1) is 0 Å². The van der Waals surface area contributed by atoms with Crippen LogP contribution < -0.4 is 5.32 Å². The Morgan fingerprint density at radius 3 is 2.71 bits per heavy atom. The van der Waals surface area contributed by atoms with Crippen molar-refractivity contribution in [1.82, 2.24) is 10.2 Å². The lowest BCUT2D eigenvalue weighted by Gasteiger charge is -2.14. The van der Waals surface area contributed by atoms with Gasteiger partial charge in [0.1, 0.15) is 11.3 Å². The van der Waals surface area contributed by atoms with E-state index >= 15 is 0 Å². The lowest BCUT2D eigenvalue weighted by atomic mass is 10.1. The van der Waals surface area contributed by atoms with Crippen LogP contribution >= 0.6 is 12.2 Å². The van der Waals surface area contributed by atoms with E-state index in [0.717, 1.165) is 11.1 Å². The van der Waals surface area contributed by atoms with E-state index in [2.05, 4.69) is 5.32 Å². The van der Waals surface area contributed by atoms with Crippen LogP contribution in [0.1, 0.15) is 6.92 Å². The average molecular weight is 252 g/mol. The summed E-state index contributed by atoms with van der Waals surface area (Å²) in [6.45, 7) is 1.56. The Morgan fingerprint density at radius 2 is 2.18 bits per heavy atom. The summed E-state index contributed by atoms with van der Waals surface area (Å²) >= 11 is 4.86. The molecule has 2 heterocycles. The number of cyclic esters (lactones) is 1. The highest BCUT2D eigenvalue weighted by Crippen LogP contribution is 2.15. The highest BCUT2D eigenvalue weighted by Gasteiger charge is 2.30. The van der Waals surface area contributed by atoms with Crippen LogP contribution in [0.2, 0.25) is 0 Å². The lowest BCUT2D eigenvalue weighted by molar-refractivity contribution is -0.137. The summed E-state index contributed by atoms with van der Waals surface area (Å²) in [6, 6.07) is 0. The molecule has 0 aromatic carbocycles. The van der Waals surface area contributed by atoms with Crippen molar-refractivity contribution in [2.75, 3.05) is 6.54 Å². The van der Waals surface area contributed by atoms with Gasteiger partial charge in [-0.15, -0.1) is 0 Å². The zero-order valence-corrected chi connectivity index (χ0v) is 9.67. The molecule has 7 heteroatoms. The molecule has 2 aliphatic rings. The van der Waals surface area contributed by atoms with Gasteiger partial charge in [0.2, 0.25) is 0 Å². The van der Waals surface area contributed by atoms with Gasteiger partial charge in [0.05, 0.1) is 6.54 Å². The number of rotatable bonds is 1. The molecule has 0 aliphatic carbocycles. The van der Waals surface area contributed by atoms with Crippen molar-refractivity contribution < 1.29 is 19.1 Å². The summed E-state index contributed by atoms with van der Waals surface area (Å²) in [5.41, 5.74) is -0.213. The normalized spacial score (nSPS) is 22.8. The minimum atomic E-state index is -0.780. The number of carbonyl (C=O) groups is 3. The summed E-state index contributed by atoms with van der Waals surface area (Å²) in [5, 5.41) is 2.79. The predicted octanol–water partition coefficient (Wildman–Crippen LogP) is -0.383. The Kier molecular flexibility index (Phi) is 2.76. The van der Waals surface area contributed by atoms with Crippen LogP contribution in [0.4, 0.5) is 0 Å². The third kappa shape index (κ3) is 2.09. The van der Waals surface area contributed by atoms with Crippen LogP contribution in [0.5, 0.6) is 0 Å². The number of ether oxygens (including phenoxy) is 1. The number of amides is 1. The van der Waals surface area contributed by atoms with Gasteiger partial charge in [0, 0.05) is 12.3 Å². The highest BCUT2D eigenvalue weighted by atomic mass is 32.1. The molecule has 2 rings (SSSR count). The van der Waals surface area contributed by atoms with Crippen LogP contribution in [0.3, 0.4) is 0 Å². The molecule has 17 heavy (non-hydrogen) atoms. The zero-order valence-electron chi connectivity index (χ0n) is 8.85. The molecule has 0 spiro atoms. The van der Waals surface area contributed by atoms with Gasteiger partial charge in [-0.2, -0.15) is 0 Å². The van der Waals surface area contributed by atoms with Crippen molar-refractivity contribution in [2.24, 2.45) is 0 Å². The Balaban J connectivity index is 2.34. The number of allylic oxidation sites excluding steroid dienone is 2. The first-order valence-corrected chi connectivity index (χ1v) is 5.16. The zero-order chi connectivity index (χ0) is 12.6. The molecule has 0 radical (unpaired) electrons. The molecular formula is C10H8N2O4S. The largest absolute Gasteiger partial charge is 0.427 e. The van der Waals surface area contributed by atoms with Gasteiger partial charge in [0.15, 0.2) is 10.9 Å². The molecular weight excluding hydrogens is 244 g/mol. The topological polar surface area (TPSA) is 75.7 Å². The molecule has 88 valence electrons. The van der Waals surface area contributed by atoms with Crippen molar-refractivity contribution in [3.63, 3.8) is 0 Å². The first kappa shape index (κ1) is 11.5. The quantitative estimate of drug-likeness (QED) is 0.297. The Labute approximate surface area is 102 Å². The smallest absolute Gasteiger partial charge is 0.348 e. The van der Waals surface area contributed by atoms with E-state index in [4.69, 9.17) is 17.0 Å². The molecule has 0 aromatic heterocycles. The molecule has 1 saturated heterocycles. The monoisotopic (exact) mass is 252 g/mol. The van der Waals surface area contributed by atoms with E-state index in [1.165, 1.54) is 13.0 Å². The molecule has 1 fully saturated rings. The summed E-state index contributed by atoms with van der Waals surface area (Å²) in [6.07, 6.45) is 2.29. The number of thiocarbonyl (C=S) groups is 1. The van der Waals surface area contributed by atoms with Gasteiger partial charge in [0.25, 0.3) is 5.91 Å². The second kappa shape index (κ2) is 4.10. The molecule has 0 atom stereocenters. The fourth-order valence-corrected chi connectivity index (χ4v) is 1.63. The maximum absolute atomic E-state index is 11.6. The molecule has 2 aliphatic heterocycles. The minimum Gasteiger partial charge on any atom is -0.427 e. The number of hydrogen-bond acceptors (Lipinski definition) is 5.